The Bertz CT molecular complexity index is 427. The molecule has 0 fully saturated rings. The third kappa shape index (κ3) is 3.58. The van der Waals surface area contributed by atoms with Crippen LogP contribution >= 0.6 is 23.7 Å². The van der Waals surface area contributed by atoms with E-state index < -0.39 is 10.1 Å². The quantitative estimate of drug-likeness (QED) is 0.764. The highest BCUT2D eigenvalue weighted by Crippen LogP contribution is 2.21. The number of halogens is 1. The molecule has 14 heavy (non-hydrogen) atoms. The molecular formula is C5H7ClN2O4S2. The van der Waals surface area contributed by atoms with E-state index in [9.17, 15) is 13.2 Å². The number of thiazole rings is 1. The summed E-state index contributed by atoms with van der Waals surface area (Å²) in [6.45, 7) is 1.27. The van der Waals surface area contributed by atoms with Crippen molar-refractivity contribution >= 4 is 44.9 Å². The Kier molecular flexibility index (Phi) is 4.46. The van der Waals surface area contributed by atoms with Gasteiger partial charge in [-0.15, -0.1) is 12.4 Å². The van der Waals surface area contributed by atoms with Crippen molar-refractivity contribution in [3.63, 3.8) is 0 Å². The number of amides is 1. The monoisotopic (exact) mass is 258 g/mol. The number of hydrogen-bond acceptors (Lipinski definition) is 5. The normalized spacial score (nSPS) is 10.4. The van der Waals surface area contributed by atoms with Crippen LogP contribution in [0.2, 0.25) is 0 Å². The van der Waals surface area contributed by atoms with Gasteiger partial charge >= 0.3 is 10.1 Å². The Hall–Kier alpha value is -0.700. The van der Waals surface area contributed by atoms with Gasteiger partial charge in [-0.25, -0.2) is 4.98 Å². The third-order valence-electron chi connectivity index (χ3n) is 1.02. The van der Waals surface area contributed by atoms with Gasteiger partial charge in [0.1, 0.15) is 0 Å². The van der Waals surface area contributed by atoms with Crippen LogP contribution in [0.25, 0.3) is 0 Å². The molecule has 1 aromatic heterocycles. The average Bonchev–Trinajstić information content (AvgIpc) is 2.32. The fraction of sp³-hybridized carbons (Fsp3) is 0.200. The number of aromatic nitrogens is 1. The Morgan fingerprint density at radius 1 is 1.64 bits per heavy atom. The van der Waals surface area contributed by atoms with Crippen molar-refractivity contribution in [1.29, 1.82) is 0 Å². The topological polar surface area (TPSA) is 96.4 Å². The molecule has 0 saturated heterocycles. The smallest absolute Gasteiger partial charge is 0.302 e. The van der Waals surface area contributed by atoms with Gasteiger partial charge < -0.3 is 5.32 Å². The van der Waals surface area contributed by atoms with Crippen LogP contribution in [0.5, 0.6) is 0 Å². The summed E-state index contributed by atoms with van der Waals surface area (Å²) in [7, 11) is -4.21. The van der Waals surface area contributed by atoms with E-state index in [0.717, 1.165) is 6.20 Å². The first-order valence-electron chi connectivity index (χ1n) is 3.10. The highest BCUT2D eigenvalue weighted by atomic mass is 35.5. The van der Waals surface area contributed by atoms with Crippen LogP contribution < -0.4 is 5.32 Å². The molecule has 1 amide bonds. The number of hydrogen-bond donors (Lipinski definition) is 2. The predicted octanol–water partition coefficient (Wildman–Crippen LogP) is 0.770. The average molecular weight is 259 g/mol. The van der Waals surface area contributed by atoms with E-state index in [4.69, 9.17) is 4.55 Å². The number of nitrogens with zero attached hydrogens (tertiary/aromatic N) is 1. The number of anilines is 1. The zero-order chi connectivity index (χ0) is 10.1. The maximum absolute atomic E-state index is 10.5. The molecule has 1 heterocycles. The lowest BCUT2D eigenvalue weighted by molar-refractivity contribution is -0.114. The molecule has 0 bridgehead atoms. The summed E-state index contributed by atoms with van der Waals surface area (Å²) in [5.41, 5.74) is 0. The predicted molar refractivity (Wildman–Crippen MR) is 53.5 cm³/mol. The van der Waals surface area contributed by atoms with Gasteiger partial charge in [-0.3, -0.25) is 9.35 Å². The molecule has 0 aliphatic heterocycles. The van der Waals surface area contributed by atoms with Gasteiger partial charge in [0.2, 0.25) is 5.91 Å². The Morgan fingerprint density at radius 2 is 2.21 bits per heavy atom. The van der Waals surface area contributed by atoms with Crippen LogP contribution in [-0.2, 0) is 14.9 Å². The van der Waals surface area contributed by atoms with Crippen LogP contribution in [0.15, 0.2) is 10.4 Å². The van der Waals surface area contributed by atoms with E-state index in [1.165, 1.54) is 6.92 Å². The minimum Gasteiger partial charge on any atom is -0.302 e. The molecule has 80 valence electrons. The number of carbonyl (C=O) groups excluding carboxylic acids is 1. The van der Waals surface area contributed by atoms with Crippen LogP contribution in [0.1, 0.15) is 6.92 Å². The second-order valence-electron chi connectivity index (χ2n) is 2.14. The molecule has 0 radical (unpaired) electrons. The van der Waals surface area contributed by atoms with Gasteiger partial charge in [0.25, 0.3) is 0 Å². The second-order valence-corrected chi connectivity index (χ2v) is 4.82. The molecule has 0 saturated carbocycles. The van der Waals surface area contributed by atoms with Crippen LogP contribution in [0, 0.1) is 0 Å². The molecule has 0 aliphatic rings. The van der Waals surface area contributed by atoms with Crippen molar-refractivity contribution in [2.24, 2.45) is 0 Å². The number of nitrogens with one attached hydrogen (secondary N) is 1. The highest BCUT2D eigenvalue weighted by molar-refractivity contribution is 7.88. The van der Waals surface area contributed by atoms with Crippen LogP contribution in [0.4, 0.5) is 5.13 Å². The molecule has 1 rings (SSSR count). The van der Waals surface area contributed by atoms with Crippen LogP contribution in [-0.4, -0.2) is 23.9 Å². The Labute approximate surface area is 90.5 Å². The third-order valence-corrected chi connectivity index (χ3v) is 3.22. The molecule has 1 aromatic rings. The molecule has 9 heteroatoms. The van der Waals surface area contributed by atoms with Gasteiger partial charge in [0.15, 0.2) is 9.34 Å². The zero-order valence-corrected chi connectivity index (χ0v) is 9.37. The van der Waals surface area contributed by atoms with E-state index >= 15 is 0 Å². The number of rotatable bonds is 2. The molecule has 0 unspecified atom stereocenters. The molecule has 0 aliphatic carbocycles. The van der Waals surface area contributed by atoms with Gasteiger partial charge in [-0.1, -0.05) is 11.3 Å². The summed E-state index contributed by atoms with van der Waals surface area (Å²) in [5, 5.41) is 2.43. The highest BCUT2D eigenvalue weighted by Gasteiger charge is 2.14. The fourth-order valence-electron chi connectivity index (χ4n) is 0.587. The zero-order valence-electron chi connectivity index (χ0n) is 6.92. The van der Waals surface area contributed by atoms with Crippen LogP contribution in [0.3, 0.4) is 0 Å². The van der Waals surface area contributed by atoms with Crippen molar-refractivity contribution in [1.82, 2.24) is 4.98 Å². The second kappa shape index (κ2) is 4.69. The lowest BCUT2D eigenvalue weighted by Gasteiger charge is -1.91. The van der Waals surface area contributed by atoms with Gasteiger partial charge in [0, 0.05) is 6.92 Å². The van der Waals surface area contributed by atoms with E-state index in [2.05, 4.69) is 10.3 Å². The molecule has 0 aromatic carbocycles. The van der Waals surface area contributed by atoms with E-state index in [-0.39, 0.29) is 27.7 Å². The summed E-state index contributed by atoms with van der Waals surface area (Å²) in [6.07, 6.45) is 0.977. The van der Waals surface area contributed by atoms with Crippen molar-refractivity contribution in [3.8, 4) is 0 Å². The van der Waals surface area contributed by atoms with Crippen molar-refractivity contribution < 1.29 is 17.8 Å². The first kappa shape index (κ1) is 13.3. The maximum atomic E-state index is 10.5. The summed E-state index contributed by atoms with van der Waals surface area (Å²) in [4.78, 5) is 14.1. The molecule has 0 atom stereocenters. The molecule has 0 spiro atoms. The first-order chi connectivity index (χ1) is 5.89. The largest absolute Gasteiger partial charge is 0.305 e. The molecule has 2 N–H and O–H groups in total. The first-order valence-corrected chi connectivity index (χ1v) is 5.36. The minimum atomic E-state index is -4.21. The summed E-state index contributed by atoms with van der Waals surface area (Å²) in [5.74, 6) is -0.351. The van der Waals surface area contributed by atoms with E-state index in [1.807, 2.05) is 0 Å². The minimum absolute atomic E-state index is 0. The Morgan fingerprint density at radius 3 is 2.57 bits per heavy atom. The molecule has 6 nitrogen and oxygen atoms in total. The van der Waals surface area contributed by atoms with Crippen molar-refractivity contribution in [2.75, 3.05) is 5.32 Å². The lowest BCUT2D eigenvalue weighted by atomic mass is 10.7. The van der Waals surface area contributed by atoms with Crippen molar-refractivity contribution in [3.05, 3.63) is 6.20 Å². The Balaban J connectivity index is 0.00000169. The standard InChI is InChI=1S/C5H6N2O4S2.ClH/c1-3(8)7-5-6-2-4(12-5)13(9,10)11;/h2H,1H3,(H,6,7,8)(H,9,10,11);1H. The lowest BCUT2D eigenvalue weighted by Crippen LogP contribution is -2.04. The summed E-state index contributed by atoms with van der Waals surface area (Å²) < 4.78 is 29.4. The van der Waals surface area contributed by atoms with Gasteiger partial charge in [-0.05, 0) is 0 Å². The fourth-order valence-corrected chi connectivity index (χ4v) is 2.03. The summed E-state index contributed by atoms with van der Waals surface area (Å²) >= 11 is 0.687. The van der Waals surface area contributed by atoms with Gasteiger partial charge in [0.05, 0.1) is 6.20 Å². The molecular weight excluding hydrogens is 252 g/mol. The SMILES string of the molecule is CC(=O)Nc1ncc(S(=O)(=O)O)s1.Cl. The van der Waals surface area contributed by atoms with Gasteiger partial charge in [-0.2, -0.15) is 8.42 Å². The van der Waals surface area contributed by atoms with Crippen molar-refractivity contribution in [2.45, 2.75) is 11.1 Å². The van der Waals surface area contributed by atoms with E-state index in [1.54, 1.807) is 0 Å². The van der Waals surface area contributed by atoms with E-state index in [0.29, 0.717) is 11.3 Å². The number of carbonyl (C=O) groups is 1. The maximum Gasteiger partial charge on any atom is 0.305 e. The summed E-state index contributed by atoms with van der Waals surface area (Å²) in [6, 6.07) is 0.